The van der Waals surface area contributed by atoms with E-state index in [9.17, 15) is 9.59 Å². The number of hydrogen-bond donors (Lipinski definition) is 1. The molecule has 0 aromatic carbocycles. The fourth-order valence-electron chi connectivity index (χ4n) is 3.16. The highest BCUT2D eigenvalue weighted by Crippen LogP contribution is 2.34. The Morgan fingerprint density at radius 1 is 1.40 bits per heavy atom. The highest BCUT2D eigenvalue weighted by Gasteiger charge is 2.22. The Morgan fingerprint density at radius 3 is 3.00 bits per heavy atom. The topological polar surface area (TPSA) is 91.1 Å². The third kappa shape index (κ3) is 3.11. The van der Waals surface area contributed by atoms with E-state index < -0.39 is 5.91 Å². The summed E-state index contributed by atoms with van der Waals surface area (Å²) in [5.41, 5.74) is 6.36. The summed E-state index contributed by atoms with van der Waals surface area (Å²) in [6.45, 7) is 0.292. The van der Waals surface area contributed by atoms with Gasteiger partial charge in [-0.05, 0) is 43.4 Å². The van der Waals surface area contributed by atoms with Gasteiger partial charge in [0.1, 0.15) is 10.6 Å². The normalized spacial score (nSPS) is 13.9. The predicted octanol–water partition coefficient (Wildman–Crippen LogP) is 2.56. The van der Waals surface area contributed by atoms with Crippen molar-refractivity contribution in [2.75, 3.05) is 5.75 Å². The van der Waals surface area contributed by atoms with E-state index in [1.807, 2.05) is 6.07 Å². The molecule has 6 nitrogen and oxygen atoms in total. The average molecular weight is 375 g/mol. The van der Waals surface area contributed by atoms with E-state index in [1.165, 1.54) is 16.6 Å². The number of thiophene rings is 1. The van der Waals surface area contributed by atoms with Crippen molar-refractivity contribution in [3.8, 4) is 0 Å². The van der Waals surface area contributed by atoms with Crippen LogP contribution in [0, 0.1) is 0 Å². The average Bonchev–Trinajstić information content (AvgIpc) is 3.22. The molecule has 0 atom stereocenters. The molecule has 4 rings (SSSR count). The summed E-state index contributed by atoms with van der Waals surface area (Å²) >= 11 is 2.80. The fourth-order valence-corrected chi connectivity index (χ4v) is 5.20. The summed E-state index contributed by atoms with van der Waals surface area (Å²) in [5.74, 6) is 0.323. The van der Waals surface area contributed by atoms with E-state index in [2.05, 4.69) is 4.98 Å². The Hall–Kier alpha value is -2.06. The molecule has 0 spiro atoms. The lowest BCUT2D eigenvalue weighted by atomic mass is 9.97. The van der Waals surface area contributed by atoms with Crippen LogP contribution in [0.5, 0.6) is 0 Å². The number of fused-ring (bicyclic) bond motifs is 3. The SMILES string of the molecule is NC(=O)CSc1nc2sc3c(c2c(=O)n1Cc1ccco1)CCCC3. The molecule has 3 heterocycles. The maximum Gasteiger partial charge on any atom is 0.263 e. The molecule has 0 aliphatic heterocycles. The minimum Gasteiger partial charge on any atom is -0.467 e. The van der Waals surface area contributed by atoms with Gasteiger partial charge >= 0.3 is 0 Å². The summed E-state index contributed by atoms with van der Waals surface area (Å²) in [5, 5.41) is 1.24. The van der Waals surface area contributed by atoms with Gasteiger partial charge in [-0.15, -0.1) is 11.3 Å². The second-order valence-corrected chi connectivity index (χ2v) is 8.04. The number of nitrogens with zero attached hydrogens (tertiary/aromatic N) is 2. The van der Waals surface area contributed by atoms with Crippen LogP contribution in [0.2, 0.25) is 0 Å². The smallest absolute Gasteiger partial charge is 0.263 e. The molecule has 0 unspecified atom stereocenters. The monoisotopic (exact) mass is 375 g/mol. The minimum absolute atomic E-state index is 0.0622. The molecule has 0 bridgehead atoms. The van der Waals surface area contributed by atoms with E-state index in [-0.39, 0.29) is 11.3 Å². The van der Waals surface area contributed by atoms with Crippen LogP contribution in [0.3, 0.4) is 0 Å². The Labute approximate surface area is 152 Å². The van der Waals surface area contributed by atoms with Gasteiger partial charge in [-0.3, -0.25) is 14.2 Å². The van der Waals surface area contributed by atoms with Crippen LogP contribution in [-0.4, -0.2) is 21.2 Å². The number of furan rings is 1. The Kier molecular flexibility index (Phi) is 4.39. The molecule has 0 saturated heterocycles. The molecule has 0 saturated carbocycles. The molecule has 3 aromatic rings. The first-order valence-corrected chi connectivity index (χ1v) is 9.92. The van der Waals surface area contributed by atoms with Crippen molar-refractivity contribution in [3.05, 3.63) is 45.0 Å². The van der Waals surface area contributed by atoms with Crippen molar-refractivity contribution in [3.63, 3.8) is 0 Å². The van der Waals surface area contributed by atoms with Gasteiger partial charge in [0.05, 0.1) is 23.9 Å². The number of primary amides is 1. The third-order valence-corrected chi connectivity index (χ3v) is 6.46. The summed E-state index contributed by atoms with van der Waals surface area (Å²) in [4.78, 5) is 31.1. The van der Waals surface area contributed by atoms with E-state index in [1.54, 1.807) is 28.2 Å². The summed E-state index contributed by atoms with van der Waals surface area (Å²) in [6, 6.07) is 3.61. The van der Waals surface area contributed by atoms with Crippen LogP contribution in [0.25, 0.3) is 10.2 Å². The number of hydrogen-bond acceptors (Lipinski definition) is 6. The van der Waals surface area contributed by atoms with E-state index in [0.29, 0.717) is 17.5 Å². The number of aryl methyl sites for hydroxylation is 2. The molecular formula is C17H17N3O3S2. The van der Waals surface area contributed by atoms with Gasteiger partial charge in [0.25, 0.3) is 5.56 Å². The Balaban J connectivity index is 1.88. The highest BCUT2D eigenvalue weighted by molar-refractivity contribution is 7.99. The lowest BCUT2D eigenvalue weighted by molar-refractivity contribution is -0.115. The second-order valence-electron chi connectivity index (χ2n) is 6.01. The number of thioether (sulfide) groups is 1. The molecule has 3 aromatic heterocycles. The quantitative estimate of drug-likeness (QED) is 0.547. The lowest BCUT2D eigenvalue weighted by Gasteiger charge is -2.12. The van der Waals surface area contributed by atoms with Crippen LogP contribution in [-0.2, 0) is 24.2 Å². The molecule has 1 aliphatic carbocycles. The zero-order valence-corrected chi connectivity index (χ0v) is 15.1. The minimum atomic E-state index is -0.436. The van der Waals surface area contributed by atoms with Crippen molar-refractivity contribution in [2.45, 2.75) is 37.4 Å². The van der Waals surface area contributed by atoms with Gasteiger partial charge in [0, 0.05) is 4.88 Å². The first-order valence-electron chi connectivity index (χ1n) is 8.12. The number of rotatable bonds is 5. The van der Waals surface area contributed by atoms with Crippen LogP contribution < -0.4 is 11.3 Å². The molecule has 0 radical (unpaired) electrons. The molecule has 2 N–H and O–H groups in total. The van der Waals surface area contributed by atoms with Crippen molar-refractivity contribution in [1.29, 1.82) is 0 Å². The summed E-state index contributed by atoms with van der Waals surface area (Å²) in [6.07, 6.45) is 5.78. The standard InChI is InChI=1S/C17H17N3O3S2/c18-13(21)9-24-17-19-15-14(11-5-1-2-6-12(11)25-15)16(22)20(17)8-10-4-3-7-23-10/h3-4,7H,1-2,5-6,8-9H2,(H2,18,21). The molecule has 1 amide bonds. The molecule has 1 aliphatic rings. The van der Waals surface area contributed by atoms with Crippen LogP contribution in [0.1, 0.15) is 29.0 Å². The van der Waals surface area contributed by atoms with Crippen LogP contribution in [0.4, 0.5) is 0 Å². The van der Waals surface area contributed by atoms with Crippen molar-refractivity contribution in [1.82, 2.24) is 9.55 Å². The van der Waals surface area contributed by atoms with Crippen LogP contribution >= 0.6 is 23.1 Å². The largest absolute Gasteiger partial charge is 0.467 e. The number of nitrogens with two attached hydrogens (primary N) is 1. The fraction of sp³-hybridized carbons (Fsp3) is 0.353. The lowest BCUT2D eigenvalue weighted by Crippen LogP contribution is -2.25. The molecule has 25 heavy (non-hydrogen) atoms. The maximum absolute atomic E-state index is 13.2. The van der Waals surface area contributed by atoms with Gasteiger partial charge in [-0.1, -0.05) is 11.8 Å². The number of carbonyl (C=O) groups is 1. The molecule has 0 fully saturated rings. The summed E-state index contributed by atoms with van der Waals surface area (Å²) in [7, 11) is 0. The van der Waals surface area contributed by atoms with Crippen LogP contribution in [0.15, 0.2) is 32.8 Å². The zero-order chi connectivity index (χ0) is 17.4. The van der Waals surface area contributed by atoms with Crippen molar-refractivity contribution < 1.29 is 9.21 Å². The van der Waals surface area contributed by atoms with Crippen molar-refractivity contribution >= 4 is 39.2 Å². The van der Waals surface area contributed by atoms with Gasteiger partial charge < -0.3 is 10.2 Å². The first kappa shape index (κ1) is 16.4. The van der Waals surface area contributed by atoms with Crippen molar-refractivity contribution in [2.24, 2.45) is 5.73 Å². The third-order valence-electron chi connectivity index (χ3n) is 4.28. The molecular weight excluding hydrogens is 358 g/mol. The maximum atomic E-state index is 13.2. The highest BCUT2D eigenvalue weighted by atomic mass is 32.2. The second kappa shape index (κ2) is 6.68. The van der Waals surface area contributed by atoms with E-state index in [4.69, 9.17) is 10.2 Å². The van der Waals surface area contributed by atoms with Gasteiger partial charge in [-0.25, -0.2) is 4.98 Å². The van der Waals surface area contributed by atoms with E-state index >= 15 is 0 Å². The zero-order valence-electron chi connectivity index (χ0n) is 13.5. The predicted molar refractivity (Wildman–Crippen MR) is 98.3 cm³/mol. The molecule has 130 valence electrons. The van der Waals surface area contributed by atoms with Gasteiger partial charge in [-0.2, -0.15) is 0 Å². The van der Waals surface area contributed by atoms with Gasteiger partial charge in [0.15, 0.2) is 5.16 Å². The Bertz CT molecular complexity index is 989. The number of carbonyl (C=O) groups excluding carboxylic acids is 1. The Morgan fingerprint density at radius 2 is 2.24 bits per heavy atom. The first-order chi connectivity index (χ1) is 12.1. The summed E-state index contributed by atoms with van der Waals surface area (Å²) < 4.78 is 6.99. The number of amides is 1. The molecule has 8 heteroatoms. The van der Waals surface area contributed by atoms with Gasteiger partial charge in [0.2, 0.25) is 5.91 Å². The number of aromatic nitrogens is 2. The van der Waals surface area contributed by atoms with E-state index in [0.717, 1.165) is 41.5 Å².